The number of hydrogen-bond acceptors (Lipinski definition) is 5. The van der Waals surface area contributed by atoms with Gasteiger partial charge < -0.3 is 20.4 Å². The number of aromatic nitrogens is 2. The van der Waals surface area contributed by atoms with Gasteiger partial charge in [0.1, 0.15) is 11.4 Å². The first kappa shape index (κ1) is 18.3. The van der Waals surface area contributed by atoms with E-state index < -0.39 is 5.60 Å². The Morgan fingerprint density at radius 1 is 1.31 bits per heavy atom. The predicted molar refractivity (Wildman–Crippen MR) is 100 cm³/mol. The molecule has 7 nitrogen and oxygen atoms in total. The summed E-state index contributed by atoms with van der Waals surface area (Å²) in [6.07, 6.45) is 1.93. The summed E-state index contributed by atoms with van der Waals surface area (Å²) < 4.78 is 5.56. The van der Waals surface area contributed by atoms with Crippen molar-refractivity contribution in [3.63, 3.8) is 0 Å². The Kier molecular flexibility index (Phi) is 5.49. The van der Waals surface area contributed by atoms with Gasteiger partial charge in [-0.3, -0.25) is 9.59 Å². The molecule has 2 aromatic rings. The second kappa shape index (κ2) is 7.80. The molecule has 1 aromatic carbocycles. The van der Waals surface area contributed by atoms with Crippen molar-refractivity contribution in [2.24, 2.45) is 0 Å². The average Bonchev–Trinajstić information content (AvgIpc) is 2.68. The monoisotopic (exact) mass is 356 g/mol. The van der Waals surface area contributed by atoms with E-state index >= 15 is 0 Å². The van der Waals surface area contributed by atoms with Gasteiger partial charge in [-0.1, -0.05) is 19.1 Å². The molecule has 7 heteroatoms. The van der Waals surface area contributed by atoms with Crippen molar-refractivity contribution in [3.8, 4) is 11.4 Å². The van der Waals surface area contributed by atoms with Crippen LogP contribution in [0, 0.1) is 0 Å². The highest BCUT2D eigenvalue weighted by atomic mass is 16.5. The number of methoxy groups -OCH3 is 1. The first-order valence-electron chi connectivity index (χ1n) is 8.84. The van der Waals surface area contributed by atoms with E-state index in [1.54, 1.807) is 13.2 Å². The molecule has 1 fully saturated rings. The number of carbonyl (C=O) groups is 1. The fourth-order valence-electron chi connectivity index (χ4n) is 3.17. The fourth-order valence-corrected chi connectivity index (χ4v) is 3.17. The molecule has 0 saturated carbocycles. The van der Waals surface area contributed by atoms with E-state index in [4.69, 9.17) is 4.74 Å². The first-order valence-corrected chi connectivity index (χ1v) is 8.84. The molecule has 0 spiro atoms. The summed E-state index contributed by atoms with van der Waals surface area (Å²) in [6.45, 7) is 3.44. The van der Waals surface area contributed by atoms with Gasteiger partial charge in [0.25, 0.3) is 11.5 Å². The van der Waals surface area contributed by atoms with Crippen LogP contribution in [0.3, 0.4) is 0 Å². The molecule has 0 atom stereocenters. The van der Waals surface area contributed by atoms with Gasteiger partial charge in [-0.15, -0.1) is 0 Å². The van der Waals surface area contributed by atoms with Crippen molar-refractivity contribution in [1.29, 1.82) is 0 Å². The highest BCUT2D eigenvalue weighted by Crippen LogP contribution is 2.26. The zero-order chi connectivity index (χ0) is 18.6. The third kappa shape index (κ3) is 3.84. The second-order valence-corrected chi connectivity index (χ2v) is 6.42. The second-order valence-electron chi connectivity index (χ2n) is 6.42. The van der Waals surface area contributed by atoms with Crippen LogP contribution in [-0.4, -0.2) is 41.7 Å². The Balaban J connectivity index is 1.84. The van der Waals surface area contributed by atoms with E-state index in [1.165, 1.54) is 6.07 Å². The highest BCUT2D eigenvalue weighted by Gasteiger charge is 2.39. The number of benzene rings is 1. The maximum absolute atomic E-state index is 12.8. The minimum atomic E-state index is -0.810. The van der Waals surface area contributed by atoms with Crippen LogP contribution in [0.15, 0.2) is 35.1 Å². The average molecular weight is 356 g/mol. The molecule has 3 rings (SSSR count). The van der Waals surface area contributed by atoms with Crippen LogP contribution in [0.25, 0.3) is 11.4 Å². The maximum Gasteiger partial charge on any atom is 0.256 e. The predicted octanol–water partition coefficient (Wildman–Crippen LogP) is 1.71. The van der Waals surface area contributed by atoms with E-state index in [0.717, 1.165) is 24.3 Å². The number of carbonyl (C=O) groups excluding carboxylic acids is 1. The van der Waals surface area contributed by atoms with Gasteiger partial charge in [-0.25, -0.2) is 4.98 Å². The zero-order valence-corrected chi connectivity index (χ0v) is 15.1. The molecular weight excluding hydrogens is 332 g/mol. The van der Waals surface area contributed by atoms with Crippen molar-refractivity contribution in [2.45, 2.75) is 31.8 Å². The van der Waals surface area contributed by atoms with Gasteiger partial charge in [0.2, 0.25) is 0 Å². The Hall–Kier alpha value is -2.51. The number of rotatable bonds is 5. The lowest BCUT2D eigenvalue weighted by molar-refractivity contribution is -0.140. The third-order valence-electron chi connectivity index (χ3n) is 4.77. The molecule has 26 heavy (non-hydrogen) atoms. The summed E-state index contributed by atoms with van der Waals surface area (Å²) in [5.74, 6) is 0.344. The number of aromatic amines is 1. The molecule has 1 aliphatic rings. The van der Waals surface area contributed by atoms with Crippen molar-refractivity contribution in [1.82, 2.24) is 15.3 Å². The minimum absolute atomic E-state index is 0.151. The van der Waals surface area contributed by atoms with Crippen LogP contribution in [-0.2, 0) is 16.0 Å². The first-order chi connectivity index (χ1) is 12.6. The fraction of sp³-hybridized carbons (Fsp3) is 0.421. The van der Waals surface area contributed by atoms with Crippen molar-refractivity contribution in [3.05, 3.63) is 46.4 Å². The van der Waals surface area contributed by atoms with E-state index in [0.29, 0.717) is 30.8 Å². The Morgan fingerprint density at radius 2 is 2.08 bits per heavy atom. The molecular formula is C19H24N4O3. The van der Waals surface area contributed by atoms with Crippen molar-refractivity contribution < 1.29 is 9.53 Å². The van der Waals surface area contributed by atoms with Crippen molar-refractivity contribution in [2.75, 3.05) is 25.5 Å². The Labute approximate surface area is 152 Å². The standard InChI is InChI=1S/C19H24N4O3/c1-3-14-12-16(24)23-17(21-14)13-5-4-6-15(11-13)22-18(25)19(26-2)7-9-20-10-8-19/h4-6,11-12,20H,3,7-10H2,1-2H3,(H,22,25)(H,21,23,24). The normalized spacial score (nSPS) is 16.2. The molecule has 1 aromatic heterocycles. The zero-order valence-electron chi connectivity index (χ0n) is 15.1. The largest absolute Gasteiger partial charge is 0.368 e. The summed E-state index contributed by atoms with van der Waals surface area (Å²) in [7, 11) is 1.58. The maximum atomic E-state index is 12.8. The molecule has 2 heterocycles. The summed E-state index contributed by atoms with van der Waals surface area (Å²) in [5, 5.41) is 6.18. The Morgan fingerprint density at radius 3 is 2.77 bits per heavy atom. The number of amides is 1. The lowest BCUT2D eigenvalue weighted by Gasteiger charge is -2.34. The summed E-state index contributed by atoms with van der Waals surface area (Å²) >= 11 is 0. The van der Waals surface area contributed by atoms with Crippen molar-refractivity contribution >= 4 is 11.6 Å². The molecule has 3 N–H and O–H groups in total. The van der Waals surface area contributed by atoms with Gasteiger partial charge in [-0.05, 0) is 44.5 Å². The molecule has 1 amide bonds. The number of anilines is 1. The van der Waals surface area contributed by atoms with Gasteiger partial charge >= 0.3 is 0 Å². The molecule has 0 unspecified atom stereocenters. The number of nitrogens with one attached hydrogen (secondary N) is 3. The van der Waals surface area contributed by atoms with Gasteiger partial charge in [-0.2, -0.15) is 0 Å². The van der Waals surface area contributed by atoms with Gasteiger partial charge in [0.05, 0.1) is 0 Å². The van der Waals surface area contributed by atoms with E-state index in [9.17, 15) is 9.59 Å². The molecule has 138 valence electrons. The van der Waals surface area contributed by atoms with Crippen LogP contribution >= 0.6 is 0 Å². The molecule has 1 aliphatic heterocycles. The van der Waals surface area contributed by atoms with Crippen LogP contribution in [0.5, 0.6) is 0 Å². The number of aryl methyl sites for hydroxylation is 1. The van der Waals surface area contributed by atoms with Gasteiger partial charge in [0, 0.05) is 30.1 Å². The summed E-state index contributed by atoms with van der Waals surface area (Å²) in [4.78, 5) is 31.8. The smallest absolute Gasteiger partial charge is 0.256 e. The Bertz CT molecular complexity index is 841. The van der Waals surface area contributed by atoms with Crippen LogP contribution in [0.4, 0.5) is 5.69 Å². The number of hydrogen-bond donors (Lipinski definition) is 3. The van der Waals surface area contributed by atoms with Crippen LogP contribution < -0.4 is 16.2 Å². The molecule has 0 bridgehead atoms. The summed E-state index contributed by atoms with van der Waals surface area (Å²) in [6, 6.07) is 8.79. The van der Waals surface area contributed by atoms with Crippen LogP contribution in [0.2, 0.25) is 0 Å². The number of nitrogens with zero attached hydrogens (tertiary/aromatic N) is 1. The molecule has 0 radical (unpaired) electrons. The molecule has 1 saturated heterocycles. The SMILES string of the molecule is CCc1cc(=O)[nH]c(-c2cccc(NC(=O)C3(OC)CCNCC3)c2)n1. The lowest BCUT2D eigenvalue weighted by Crippen LogP contribution is -2.51. The topological polar surface area (TPSA) is 96.1 Å². The number of ether oxygens (including phenoxy) is 1. The number of H-pyrrole nitrogens is 1. The highest BCUT2D eigenvalue weighted by molar-refractivity contribution is 5.97. The van der Waals surface area contributed by atoms with E-state index in [1.807, 2.05) is 25.1 Å². The quantitative estimate of drug-likeness (QED) is 0.758. The third-order valence-corrected chi connectivity index (χ3v) is 4.77. The van der Waals surface area contributed by atoms with E-state index in [-0.39, 0.29) is 11.5 Å². The van der Waals surface area contributed by atoms with E-state index in [2.05, 4.69) is 20.6 Å². The van der Waals surface area contributed by atoms with Gasteiger partial charge in [0.15, 0.2) is 0 Å². The minimum Gasteiger partial charge on any atom is -0.368 e. The number of piperidine rings is 1. The molecule has 0 aliphatic carbocycles. The summed E-state index contributed by atoms with van der Waals surface area (Å²) in [5.41, 5.74) is 1.12. The van der Waals surface area contributed by atoms with Crippen LogP contribution in [0.1, 0.15) is 25.5 Å². The lowest BCUT2D eigenvalue weighted by atomic mass is 9.91.